The van der Waals surface area contributed by atoms with Gasteiger partial charge in [0.2, 0.25) is 0 Å². The number of fused-ring (bicyclic) bond motifs is 1. The molecule has 0 aliphatic heterocycles. The topological polar surface area (TPSA) is 43.8 Å². The van der Waals surface area contributed by atoms with Gasteiger partial charge in [0.25, 0.3) is 0 Å². The van der Waals surface area contributed by atoms with Crippen molar-refractivity contribution in [3.05, 3.63) is 29.6 Å². The fraction of sp³-hybridized carbons (Fsp3) is 0.500. The Balaban J connectivity index is 2.67. The standard InChI is InChI=1S/C14H21N3/c1-5-14(15,6-2)13-16-11-9-10(3)7-8-12(11)17(13)4/h7-9H,5-6,15H2,1-4H3. The largest absolute Gasteiger partial charge is 0.330 e. The van der Waals surface area contributed by atoms with E-state index in [1.807, 2.05) is 7.05 Å². The van der Waals surface area contributed by atoms with Crippen LogP contribution >= 0.6 is 0 Å². The minimum absolute atomic E-state index is 0.318. The Morgan fingerprint density at radius 1 is 1.29 bits per heavy atom. The molecule has 0 amide bonds. The predicted octanol–water partition coefficient (Wildman–Crippen LogP) is 2.86. The van der Waals surface area contributed by atoms with Crippen LogP contribution in [0.5, 0.6) is 0 Å². The molecule has 2 aromatic rings. The number of hydrogen-bond acceptors (Lipinski definition) is 2. The minimum atomic E-state index is -0.318. The highest BCUT2D eigenvalue weighted by molar-refractivity contribution is 5.77. The molecule has 2 rings (SSSR count). The second kappa shape index (κ2) is 4.15. The van der Waals surface area contributed by atoms with Crippen LogP contribution in [0.4, 0.5) is 0 Å². The van der Waals surface area contributed by atoms with E-state index < -0.39 is 0 Å². The highest BCUT2D eigenvalue weighted by Crippen LogP contribution is 2.28. The third-order valence-electron chi connectivity index (χ3n) is 3.74. The summed E-state index contributed by atoms with van der Waals surface area (Å²) in [5.41, 5.74) is 9.55. The van der Waals surface area contributed by atoms with Gasteiger partial charge in [-0.3, -0.25) is 0 Å². The normalized spacial score (nSPS) is 12.3. The maximum atomic E-state index is 6.44. The molecule has 1 aromatic carbocycles. The summed E-state index contributed by atoms with van der Waals surface area (Å²) >= 11 is 0. The molecule has 1 heterocycles. The first-order valence-electron chi connectivity index (χ1n) is 6.24. The lowest BCUT2D eigenvalue weighted by Crippen LogP contribution is -2.37. The fourth-order valence-electron chi connectivity index (χ4n) is 2.32. The molecule has 0 radical (unpaired) electrons. The van der Waals surface area contributed by atoms with Gasteiger partial charge in [-0.25, -0.2) is 4.98 Å². The van der Waals surface area contributed by atoms with Gasteiger partial charge >= 0.3 is 0 Å². The van der Waals surface area contributed by atoms with E-state index in [0.29, 0.717) is 0 Å². The minimum Gasteiger partial charge on any atom is -0.330 e. The van der Waals surface area contributed by atoms with Crippen molar-refractivity contribution < 1.29 is 0 Å². The molecule has 0 atom stereocenters. The number of rotatable bonds is 3. The summed E-state index contributed by atoms with van der Waals surface area (Å²) in [5.74, 6) is 0.989. The Labute approximate surface area is 103 Å². The van der Waals surface area contributed by atoms with Crippen LogP contribution in [0.15, 0.2) is 18.2 Å². The molecule has 3 nitrogen and oxygen atoms in total. The molecule has 0 fully saturated rings. The van der Waals surface area contributed by atoms with Crippen molar-refractivity contribution >= 4 is 11.0 Å². The lowest BCUT2D eigenvalue weighted by Gasteiger charge is -2.25. The first kappa shape index (κ1) is 12.1. The highest BCUT2D eigenvalue weighted by atomic mass is 15.1. The van der Waals surface area contributed by atoms with Crippen molar-refractivity contribution in [3.8, 4) is 0 Å². The van der Waals surface area contributed by atoms with Gasteiger partial charge in [0, 0.05) is 7.05 Å². The fourth-order valence-corrected chi connectivity index (χ4v) is 2.32. The number of hydrogen-bond donors (Lipinski definition) is 1. The molecule has 0 spiro atoms. The Hall–Kier alpha value is -1.35. The summed E-state index contributed by atoms with van der Waals surface area (Å²) in [6.07, 6.45) is 1.80. The second-order valence-electron chi connectivity index (χ2n) is 4.85. The molecule has 92 valence electrons. The first-order valence-corrected chi connectivity index (χ1v) is 6.24. The van der Waals surface area contributed by atoms with Crippen molar-refractivity contribution in [2.75, 3.05) is 0 Å². The Morgan fingerprint density at radius 3 is 2.53 bits per heavy atom. The average molecular weight is 231 g/mol. The summed E-state index contributed by atoms with van der Waals surface area (Å²) in [7, 11) is 2.05. The molecule has 0 saturated carbocycles. The van der Waals surface area contributed by atoms with Crippen LogP contribution < -0.4 is 5.73 Å². The van der Waals surface area contributed by atoms with Gasteiger partial charge in [-0.15, -0.1) is 0 Å². The van der Waals surface area contributed by atoms with Gasteiger partial charge in [-0.2, -0.15) is 0 Å². The summed E-state index contributed by atoms with van der Waals surface area (Å²) in [5, 5.41) is 0. The summed E-state index contributed by atoms with van der Waals surface area (Å²) in [6, 6.07) is 6.35. The number of benzene rings is 1. The quantitative estimate of drug-likeness (QED) is 0.882. The molecule has 17 heavy (non-hydrogen) atoms. The van der Waals surface area contributed by atoms with Gasteiger partial charge in [0.15, 0.2) is 0 Å². The number of nitrogens with two attached hydrogens (primary N) is 1. The van der Waals surface area contributed by atoms with E-state index >= 15 is 0 Å². The van der Waals surface area contributed by atoms with Gasteiger partial charge < -0.3 is 10.3 Å². The van der Waals surface area contributed by atoms with Gasteiger partial charge in [0.05, 0.1) is 16.6 Å². The zero-order valence-corrected chi connectivity index (χ0v) is 11.1. The van der Waals surface area contributed by atoms with Crippen molar-refractivity contribution in [1.82, 2.24) is 9.55 Å². The first-order chi connectivity index (χ1) is 8.01. The third-order valence-corrected chi connectivity index (χ3v) is 3.74. The number of nitrogens with zero attached hydrogens (tertiary/aromatic N) is 2. The van der Waals surface area contributed by atoms with E-state index in [1.54, 1.807) is 0 Å². The Morgan fingerprint density at radius 2 is 1.94 bits per heavy atom. The molecule has 0 saturated heterocycles. The van der Waals surface area contributed by atoms with Crippen LogP contribution in [0.3, 0.4) is 0 Å². The molecule has 3 heteroatoms. The van der Waals surface area contributed by atoms with E-state index in [9.17, 15) is 0 Å². The third kappa shape index (κ3) is 1.84. The molecule has 0 aliphatic carbocycles. The van der Waals surface area contributed by atoms with Crippen molar-refractivity contribution in [3.63, 3.8) is 0 Å². The monoisotopic (exact) mass is 231 g/mol. The predicted molar refractivity (Wildman–Crippen MR) is 71.9 cm³/mol. The molecule has 1 aromatic heterocycles. The summed E-state index contributed by atoms with van der Waals surface area (Å²) in [4.78, 5) is 4.72. The second-order valence-corrected chi connectivity index (χ2v) is 4.85. The van der Waals surface area contributed by atoms with Gasteiger partial charge in [0.1, 0.15) is 5.82 Å². The van der Waals surface area contributed by atoms with E-state index in [4.69, 9.17) is 10.7 Å². The van der Waals surface area contributed by atoms with Crippen LogP contribution in [0.1, 0.15) is 38.1 Å². The molecule has 0 aliphatic rings. The summed E-state index contributed by atoms with van der Waals surface area (Å²) in [6.45, 7) is 6.32. The van der Waals surface area contributed by atoms with Crippen LogP contribution in [0.25, 0.3) is 11.0 Å². The molecule has 0 bridgehead atoms. The zero-order valence-electron chi connectivity index (χ0n) is 11.1. The summed E-state index contributed by atoms with van der Waals surface area (Å²) < 4.78 is 2.13. The number of aromatic nitrogens is 2. The van der Waals surface area contributed by atoms with E-state index in [1.165, 1.54) is 5.56 Å². The van der Waals surface area contributed by atoms with Crippen LogP contribution in [-0.4, -0.2) is 9.55 Å². The van der Waals surface area contributed by atoms with Crippen molar-refractivity contribution in [2.24, 2.45) is 12.8 Å². The molecular formula is C14H21N3. The maximum absolute atomic E-state index is 6.44. The maximum Gasteiger partial charge on any atom is 0.129 e. The molecule has 2 N–H and O–H groups in total. The molecule has 0 unspecified atom stereocenters. The Kier molecular flexibility index (Phi) is 2.96. The zero-order chi connectivity index (χ0) is 12.6. The lowest BCUT2D eigenvalue weighted by atomic mass is 9.93. The van der Waals surface area contributed by atoms with Gasteiger partial charge in [-0.05, 0) is 37.5 Å². The van der Waals surface area contributed by atoms with Crippen LogP contribution in [0.2, 0.25) is 0 Å². The van der Waals surface area contributed by atoms with Crippen LogP contribution in [-0.2, 0) is 12.6 Å². The molecular weight excluding hydrogens is 210 g/mol. The smallest absolute Gasteiger partial charge is 0.129 e. The van der Waals surface area contributed by atoms with Gasteiger partial charge in [-0.1, -0.05) is 19.9 Å². The highest BCUT2D eigenvalue weighted by Gasteiger charge is 2.28. The van der Waals surface area contributed by atoms with E-state index in [2.05, 4.69) is 43.5 Å². The van der Waals surface area contributed by atoms with E-state index in [0.717, 1.165) is 29.7 Å². The van der Waals surface area contributed by atoms with Crippen LogP contribution in [0, 0.1) is 6.92 Å². The van der Waals surface area contributed by atoms with Crippen molar-refractivity contribution in [2.45, 2.75) is 39.2 Å². The lowest BCUT2D eigenvalue weighted by molar-refractivity contribution is 0.378. The SMILES string of the molecule is CCC(N)(CC)c1nc2cc(C)ccc2n1C. The average Bonchev–Trinajstić information content (AvgIpc) is 2.66. The Bertz CT molecular complexity index is 536. The van der Waals surface area contributed by atoms with Crippen molar-refractivity contribution in [1.29, 1.82) is 0 Å². The van der Waals surface area contributed by atoms with E-state index in [-0.39, 0.29) is 5.54 Å². The number of aryl methyl sites for hydroxylation is 2. The number of imidazole rings is 1.